The highest BCUT2D eigenvalue weighted by Gasteiger charge is 2.30. The Morgan fingerprint density at radius 2 is 1.62 bits per heavy atom. The standard InChI is InChI=1S/C15H20F3N3/c16-15(17,18)12-9-7-11(8-10-12)14(21-19)20-13-5-3-1-2-4-6-13/h7-10,13H,1-6,19H2,(H,20,21). The SMILES string of the molecule is NNC(=NC1CCCCCC1)c1ccc(C(F)(F)F)cc1. The largest absolute Gasteiger partial charge is 0.416 e. The Bertz CT molecular complexity index is 472. The second-order valence-electron chi connectivity index (χ2n) is 5.34. The van der Waals surface area contributed by atoms with Crippen LogP contribution in [0, 0.1) is 0 Å². The molecule has 1 aliphatic carbocycles. The van der Waals surface area contributed by atoms with Crippen molar-refractivity contribution in [3.63, 3.8) is 0 Å². The van der Waals surface area contributed by atoms with Gasteiger partial charge in [-0.05, 0) is 25.0 Å². The number of nitrogens with zero attached hydrogens (tertiary/aromatic N) is 1. The molecule has 0 saturated heterocycles. The third kappa shape index (κ3) is 4.46. The second-order valence-corrected chi connectivity index (χ2v) is 5.34. The number of amidine groups is 1. The molecule has 0 aromatic heterocycles. The van der Waals surface area contributed by atoms with Gasteiger partial charge in [0, 0.05) is 5.56 Å². The summed E-state index contributed by atoms with van der Waals surface area (Å²) in [6, 6.07) is 5.10. The molecule has 1 saturated carbocycles. The topological polar surface area (TPSA) is 50.4 Å². The van der Waals surface area contributed by atoms with E-state index in [2.05, 4.69) is 10.4 Å². The van der Waals surface area contributed by atoms with Gasteiger partial charge in [0.05, 0.1) is 11.6 Å². The molecule has 2 rings (SSSR count). The average molecular weight is 299 g/mol. The van der Waals surface area contributed by atoms with Crippen LogP contribution in [0.2, 0.25) is 0 Å². The number of rotatable bonds is 2. The Labute approximate surface area is 122 Å². The maximum atomic E-state index is 12.5. The molecule has 1 aromatic rings. The van der Waals surface area contributed by atoms with Crippen LogP contribution in [0.15, 0.2) is 29.3 Å². The lowest BCUT2D eigenvalue weighted by Gasteiger charge is -2.13. The summed E-state index contributed by atoms with van der Waals surface area (Å²) in [5, 5.41) is 0. The smallest absolute Gasteiger partial charge is 0.308 e. The van der Waals surface area contributed by atoms with Gasteiger partial charge in [0.25, 0.3) is 0 Å². The predicted molar refractivity (Wildman–Crippen MR) is 76.8 cm³/mol. The van der Waals surface area contributed by atoms with Crippen molar-refractivity contribution < 1.29 is 13.2 Å². The van der Waals surface area contributed by atoms with Crippen LogP contribution in [0.4, 0.5) is 13.2 Å². The third-order valence-corrected chi connectivity index (χ3v) is 3.76. The molecule has 6 heteroatoms. The second kappa shape index (κ2) is 6.93. The quantitative estimate of drug-likeness (QED) is 0.288. The van der Waals surface area contributed by atoms with Crippen LogP contribution in [0.5, 0.6) is 0 Å². The lowest BCUT2D eigenvalue weighted by atomic mass is 10.1. The van der Waals surface area contributed by atoms with Crippen LogP contribution in [-0.4, -0.2) is 11.9 Å². The highest BCUT2D eigenvalue weighted by atomic mass is 19.4. The highest BCUT2D eigenvalue weighted by molar-refractivity contribution is 5.98. The maximum Gasteiger partial charge on any atom is 0.416 e. The highest BCUT2D eigenvalue weighted by Crippen LogP contribution is 2.29. The Balaban J connectivity index is 2.16. The van der Waals surface area contributed by atoms with Crippen molar-refractivity contribution in [2.24, 2.45) is 10.8 Å². The number of halogens is 3. The van der Waals surface area contributed by atoms with Crippen LogP contribution in [-0.2, 0) is 6.18 Å². The summed E-state index contributed by atoms with van der Waals surface area (Å²) in [6.45, 7) is 0. The van der Waals surface area contributed by atoms with Crippen LogP contribution in [0.1, 0.15) is 49.7 Å². The third-order valence-electron chi connectivity index (χ3n) is 3.76. The molecule has 1 fully saturated rings. The van der Waals surface area contributed by atoms with E-state index < -0.39 is 11.7 Å². The minimum atomic E-state index is -4.33. The van der Waals surface area contributed by atoms with Gasteiger partial charge < -0.3 is 5.43 Å². The predicted octanol–water partition coefficient (Wildman–Crippen LogP) is 3.64. The van der Waals surface area contributed by atoms with Crippen molar-refractivity contribution >= 4 is 5.84 Å². The van der Waals surface area contributed by atoms with Crippen molar-refractivity contribution in [1.29, 1.82) is 0 Å². The number of hydrazine groups is 1. The normalized spacial score (nSPS) is 18.4. The number of alkyl halides is 3. The average Bonchev–Trinajstić information content (AvgIpc) is 2.72. The Morgan fingerprint density at radius 1 is 1.05 bits per heavy atom. The summed E-state index contributed by atoms with van der Waals surface area (Å²) < 4.78 is 37.6. The van der Waals surface area contributed by atoms with Crippen LogP contribution < -0.4 is 11.3 Å². The first-order valence-corrected chi connectivity index (χ1v) is 7.23. The van der Waals surface area contributed by atoms with E-state index in [1.165, 1.54) is 25.0 Å². The van der Waals surface area contributed by atoms with Gasteiger partial charge in [-0.1, -0.05) is 37.8 Å². The van der Waals surface area contributed by atoms with Crippen LogP contribution in [0.25, 0.3) is 0 Å². The number of benzene rings is 1. The fraction of sp³-hybridized carbons (Fsp3) is 0.533. The van der Waals surface area contributed by atoms with E-state index in [-0.39, 0.29) is 6.04 Å². The summed E-state index contributed by atoms with van der Waals surface area (Å²) in [6.07, 6.45) is 2.40. The van der Waals surface area contributed by atoms with Crippen LogP contribution in [0.3, 0.4) is 0 Å². The van der Waals surface area contributed by atoms with Gasteiger partial charge in [0.15, 0.2) is 0 Å². The molecule has 3 nitrogen and oxygen atoms in total. The van der Waals surface area contributed by atoms with Gasteiger partial charge in [-0.2, -0.15) is 13.2 Å². The Hall–Kier alpha value is -1.56. The van der Waals surface area contributed by atoms with Gasteiger partial charge in [-0.15, -0.1) is 0 Å². The zero-order valence-electron chi connectivity index (χ0n) is 11.8. The van der Waals surface area contributed by atoms with E-state index in [9.17, 15) is 13.2 Å². The fourth-order valence-electron chi connectivity index (χ4n) is 2.58. The lowest BCUT2D eigenvalue weighted by Crippen LogP contribution is -2.32. The molecular formula is C15H20F3N3. The Morgan fingerprint density at radius 3 is 2.10 bits per heavy atom. The zero-order valence-corrected chi connectivity index (χ0v) is 11.8. The van der Waals surface area contributed by atoms with Gasteiger partial charge in [-0.25, -0.2) is 5.84 Å². The molecule has 116 valence electrons. The van der Waals surface area contributed by atoms with Crippen molar-refractivity contribution in [2.75, 3.05) is 0 Å². The van der Waals surface area contributed by atoms with Gasteiger partial charge in [-0.3, -0.25) is 4.99 Å². The molecule has 1 aliphatic rings. The molecule has 0 amide bonds. The minimum Gasteiger partial charge on any atom is -0.308 e. The number of aliphatic imine (C=N–C) groups is 1. The maximum absolute atomic E-state index is 12.5. The molecular weight excluding hydrogens is 279 g/mol. The first-order valence-electron chi connectivity index (χ1n) is 7.23. The Kier molecular flexibility index (Phi) is 5.22. The molecule has 0 heterocycles. The first kappa shape index (κ1) is 15.8. The number of nitrogens with two attached hydrogens (primary N) is 1. The first-order chi connectivity index (χ1) is 10.0. The summed E-state index contributed by atoms with van der Waals surface area (Å²) in [4.78, 5) is 4.58. The van der Waals surface area contributed by atoms with E-state index in [4.69, 9.17) is 5.84 Å². The minimum absolute atomic E-state index is 0.195. The van der Waals surface area contributed by atoms with Crippen LogP contribution >= 0.6 is 0 Å². The zero-order chi connectivity index (χ0) is 15.3. The summed E-state index contributed by atoms with van der Waals surface area (Å²) in [7, 11) is 0. The molecule has 0 bridgehead atoms. The number of hydrogen-bond acceptors (Lipinski definition) is 2. The summed E-state index contributed by atoms with van der Waals surface area (Å²) >= 11 is 0. The number of nitrogens with one attached hydrogen (secondary N) is 1. The van der Waals surface area contributed by atoms with E-state index in [0.717, 1.165) is 37.8 Å². The van der Waals surface area contributed by atoms with Crippen molar-refractivity contribution in [1.82, 2.24) is 5.43 Å². The van der Waals surface area contributed by atoms with Gasteiger partial charge in [0.1, 0.15) is 5.84 Å². The molecule has 0 atom stereocenters. The molecule has 0 aliphatic heterocycles. The van der Waals surface area contributed by atoms with Crippen molar-refractivity contribution in [2.45, 2.75) is 50.7 Å². The fourth-order valence-corrected chi connectivity index (χ4v) is 2.58. The number of hydrogen-bond donors (Lipinski definition) is 2. The molecule has 21 heavy (non-hydrogen) atoms. The monoisotopic (exact) mass is 299 g/mol. The molecule has 1 aromatic carbocycles. The molecule has 0 unspecified atom stereocenters. The van der Waals surface area contributed by atoms with E-state index >= 15 is 0 Å². The van der Waals surface area contributed by atoms with Gasteiger partial charge in [0.2, 0.25) is 0 Å². The molecule has 0 spiro atoms. The van der Waals surface area contributed by atoms with E-state index in [0.29, 0.717) is 11.4 Å². The van der Waals surface area contributed by atoms with Gasteiger partial charge >= 0.3 is 6.18 Å². The summed E-state index contributed by atoms with van der Waals surface area (Å²) in [5.74, 6) is 5.94. The summed E-state index contributed by atoms with van der Waals surface area (Å²) in [5.41, 5.74) is 2.42. The lowest BCUT2D eigenvalue weighted by molar-refractivity contribution is -0.137. The van der Waals surface area contributed by atoms with Crippen molar-refractivity contribution in [3.8, 4) is 0 Å². The van der Waals surface area contributed by atoms with E-state index in [1.807, 2.05) is 0 Å². The molecule has 3 N–H and O–H groups in total. The van der Waals surface area contributed by atoms with Crippen molar-refractivity contribution in [3.05, 3.63) is 35.4 Å². The van der Waals surface area contributed by atoms with E-state index in [1.54, 1.807) is 0 Å². The molecule has 0 radical (unpaired) electrons.